The summed E-state index contributed by atoms with van der Waals surface area (Å²) in [6.07, 6.45) is 0. The SMILES string of the molecule is CC1C(C(=O)O)=C(c2ccccc2)c2ccccc21. The Hall–Kier alpha value is -2.35. The lowest BCUT2D eigenvalue weighted by atomic mass is 9.97. The van der Waals surface area contributed by atoms with Crippen LogP contribution < -0.4 is 0 Å². The van der Waals surface area contributed by atoms with Gasteiger partial charge in [0.05, 0.1) is 5.57 Å². The van der Waals surface area contributed by atoms with Gasteiger partial charge in [0.1, 0.15) is 0 Å². The number of carbonyl (C=O) groups is 1. The number of carboxylic acid groups (broad SMARTS) is 1. The number of benzene rings is 2. The van der Waals surface area contributed by atoms with Gasteiger partial charge in [0.15, 0.2) is 0 Å². The molecule has 2 nitrogen and oxygen atoms in total. The van der Waals surface area contributed by atoms with Crippen LogP contribution in [-0.2, 0) is 4.79 Å². The molecular weight excluding hydrogens is 236 g/mol. The minimum Gasteiger partial charge on any atom is -0.478 e. The van der Waals surface area contributed by atoms with Gasteiger partial charge in [0.2, 0.25) is 0 Å². The highest BCUT2D eigenvalue weighted by Gasteiger charge is 2.32. The van der Waals surface area contributed by atoms with E-state index in [4.69, 9.17) is 0 Å². The lowest BCUT2D eigenvalue weighted by Crippen LogP contribution is -2.06. The van der Waals surface area contributed by atoms with E-state index in [1.165, 1.54) is 0 Å². The Morgan fingerprint density at radius 3 is 2.32 bits per heavy atom. The van der Waals surface area contributed by atoms with E-state index in [0.29, 0.717) is 5.57 Å². The molecule has 1 N–H and O–H groups in total. The van der Waals surface area contributed by atoms with E-state index in [9.17, 15) is 9.90 Å². The average molecular weight is 250 g/mol. The molecule has 0 saturated carbocycles. The molecule has 0 bridgehead atoms. The minimum absolute atomic E-state index is 0.0658. The highest BCUT2D eigenvalue weighted by Crippen LogP contribution is 2.44. The molecule has 0 heterocycles. The first kappa shape index (κ1) is 11.7. The summed E-state index contributed by atoms with van der Waals surface area (Å²) in [6.45, 7) is 1.96. The summed E-state index contributed by atoms with van der Waals surface area (Å²) in [5, 5.41) is 9.53. The second-order valence-electron chi connectivity index (χ2n) is 4.77. The van der Waals surface area contributed by atoms with Crippen LogP contribution >= 0.6 is 0 Å². The van der Waals surface area contributed by atoms with Crippen LogP contribution in [0.15, 0.2) is 60.2 Å². The molecule has 19 heavy (non-hydrogen) atoms. The predicted molar refractivity (Wildman–Crippen MR) is 75.0 cm³/mol. The third-order valence-electron chi connectivity index (χ3n) is 3.69. The van der Waals surface area contributed by atoms with Crippen LogP contribution in [0.25, 0.3) is 5.57 Å². The van der Waals surface area contributed by atoms with Crippen LogP contribution in [0.2, 0.25) is 0 Å². The van der Waals surface area contributed by atoms with Gasteiger partial charge < -0.3 is 5.11 Å². The summed E-state index contributed by atoms with van der Waals surface area (Å²) >= 11 is 0. The van der Waals surface area contributed by atoms with Gasteiger partial charge in [-0.25, -0.2) is 4.79 Å². The van der Waals surface area contributed by atoms with Crippen LogP contribution in [0.5, 0.6) is 0 Å². The smallest absolute Gasteiger partial charge is 0.332 e. The highest BCUT2D eigenvalue weighted by molar-refractivity contribution is 6.05. The van der Waals surface area contributed by atoms with Crippen molar-refractivity contribution in [3.8, 4) is 0 Å². The van der Waals surface area contributed by atoms with Crippen molar-refractivity contribution in [2.45, 2.75) is 12.8 Å². The Kier molecular flexibility index (Phi) is 2.71. The summed E-state index contributed by atoms with van der Waals surface area (Å²) in [4.78, 5) is 11.6. The molecule has 1 unspecified atom stereocenters. The minimum atomic E-state index is -0.831. The first-order valence-corrected chi connectivity index (χ1v) is 6.32. The normalized spacial score (nSPS) is 17.4. The molecule has 0 spiro atoms. The summed E-state index contributed by atoms with van der Waals surface area (Å²) in [5.41, 5.74) is 4.46. The molecule has 0 amide bonds. The maximum absolute atomic E-state index is 11.6. The zero-order valence-electron chi connectivity index (χ0n) is 10.6. The van der Waals surface area contributed by atoms with Gasteiger partial charge in [-0.3, -0.25) is 0 Å². The van der Waals surface area contributed by atoms with Crippen molar-refractivity contribution in [1.29, 1.82) is 0 Å². The van der Waals surface area contributed by atoms with Crippen LogP contribution in [-0.4, -0.2) is 11.1 Å². The molecule has 1 aliphatic rings. The number of aliphatic carboxylic acids is 1. The van der Waals surface area contributed by atoms with Crippen LogP contribution in [0.4, 0.5) is 0 Å². The van der Waals surface area contributed by atoms with Gasteiger partial charge in [-0.15, -0.1) is 0 Å². The first-order valence-electron chi connectivity index (χ1n) is 6.32. The topological polar surface area (TPSA) is 37.3 Å². The van der Waals surface area contributed by atoms with Crippen molar-refractivity contribution >= 4 is 11.5 Å². The van der Waals surface area contributed by atoms with Gasteiger partial charge in [-0.1, -0.05) is 61.5 Å². The summed E-state index contributed by atoms with van der Waals surface area (Å²) < 4.78 is 0. The number of carboxylic acids is 1. The van der Waals surface area contributed by atoms with E-state index in [1.54, 1.807) is 0 Å². The Morgan fingerprint density at radius 1 is 1.00 bits per heavy atom. The summed E-state index contributed by atoms with van der Waals surface area (Å²) in [5.74, 6) is -0.897. The monoisotopic (exact) mass is 250 g/mol. The Morgan fingerprint density at radius 2 is 1.63 bits per heavy atom. The molecule has 3 rings (SSSR count). The Labute approximate surface area is 112 Å². The number of rotatable bonds is 2. The number of hydrogen-bond donors (Lipinski definition) is 1. The van der Waals surface area contributed by atoms with Crippen LogP contribution in [0.1, 0.15) is 29.5 Å². The maximum atomic E-state index is 11.6. The van der Waals surface area contributed by atoms with Crippen LogP contribution in [0.3, 0.4) is 0 Å². The number of hydrogen-bond acceptors (Lipinski definition) is 1. The molecule has 2 aromatic carbocycles. The van der Waals surface area contributed by atoms with E-state index in [0.717, 1.165) is 22.3 Å². The number of fused-ring (bicyclic) bond motifs is 1. The lowest BCUT2D eigenvalue weighted by Gasteiger charge is -2.07. The predicted octanol–water partition coefficient (Wildman–Crippen LogP) is 3.69. The summed E-state index contributed by atoms with van der Waals surface area (Å²) in [7, 11) is 0. The van der Waals surface area contributed by atoms with Gasteiger partial charge >= 0.3 is 5.97 Å². The van der Waals surface area contributed by atoms with Gasteiger partial charge in [-0.2, -0.15) is 0 Å². The second kappa shape index (κ2) is 4.39. The quantitative estimate of drug-likeness (QED) is 0.882. The zero-order chi connectivity index (χ0) is 13.4. The van der Waals surface area contributed by atoms with Crippen molar-refractivity contribution in [3.63, 3.8) is 0 Å². The molecule has 1 aliphatic carbocycles. The molecule has 0 aliphatic heterocycles. The molecule has 0 fully saturated rings. The van der Waals surface area contributed by atoms with E-state index in [-0.39, 0.29) is 5.92 Å². The first-order chi connectivity index (χ1) is 9.20. The van der Waals surface area contributed by atoms with Gasteiger partial charge in [0, 0.05) is 11.5 Å². The van der Waals surface area contributed by atoms with E-state index < -0.39 is 5.97 Å². The van der Waals surface area contributed by atoms with E-state index >= 15 is 0 Å². The third-order valence-corrected chi connectivity index (χ3v) is 3.69. The van der Waals surface area contributed by atoms with Gasteiger partial charge in [-0.05, 0) is 16.7 Å². The average Bonchev–Trinajstić information content (AvgIpc) is 2.74. The molecule has 1 atom stereocenters. The van der Waals surface area contributed by atoms with E-state index in [1.807, 2.05) is 61.5 Å². The molecule has 2 aromatic rings. The van der Waals surface area contributed by atoms with E-state index in [2.05, 4.69) is 0 Å². The van der Waals surface area contributed by atoms with Crippen molar-refractivity contribution in [2.75, 3.05) is 0 Å². The molecule has 2 heteroatoms. The third kappa shape index (κ3) is 1.76. The fourth-order valence-corrected chi connectivity index (χ4v) is 2.83. The van der Waals surface area contributed by atoms with Crippen molar-refractivity contribution in [1.82, 2.24) is 0 Å². The van der Waals surface area contributed by atoms with Crippen molar-refractivity contribution in [2.24, 2.45) is 0 Å². The fraction of sp³-hybridized carbons (Fsp3) is 0.118. The highest BCUT2D eigenvalue weighted by atomic mass is 16.4. The Bertz CT molecular complexity index is 669. The van der Waals surface area contributed by atoms with Crippen molar-refractivity contribution in [3.05, 3.63) is 76.9 Å². The largest absolute Gasteiger partial charge is 0.478 e. The maximum Gasteiger partial charge on any atom is 0.332 e. The second-order valence-corrected chi connectivity index (χ2v) is 4.77. The molecular formula is C17H14O2. The molecule has 0 aromatic heterocycles. The summed E-state index contributed by atoms with van der Waals surface area (Å²) in [6, 6.07) is 17.7. The van der Waals surface area contributed by atoms with Crippen LogP contribution in [0, 0.1) is 0 Å². The van der Waals surface area contributed by atoms with Gasteiger partial charge in [0.25, 0.3) is 0 Å². The Balaban J connectivity index is 2.30. The standard InChI is InChI=1S/C17H14O2/c1-11-13-9-5-6-10-14(13)16(15(11)17(18)19)12-7-3-2-4-8-12/h2-11H,1H3,(H,18,19). The molecule has 94 valence electrons. The molecule has 0 radical (unpaired) electrons. The fourth-order valence-electron chi connectivity index (χ4n) is 2.83. The zero-order valence-corrected chi connectivity index (χ0v) is 10.6. The lowest BCUT2D eigenvalue weighted by molar-refractivity contribution is -0.132. The van der Waals surface area contributed by atoms with Crippen molar-refractivity contribution < 1.29 is 9.90 Å². The molecule has 0 saturated heterocycles.